The standard InChI is InChI=1S/C14H16FN/c1-16-9-13-12-3-2-11(15)8-10(12)4-5-14(13)6-7-14/h2-3,8-9,16H,4-7H2,1H3/b13-9+. The maximum absolute atomic E-state index is 13.2. The van der Waals surface area contributed by atoms with Gasteiger partial charge in [0.15, 0.2) is 0 Å². The van der Waals surface area contributed by atoms with Crippen LogP contribution in [0.15, 0.2) is 24.4 Å². The highest BCUT2D eigenvalue weighted by Gasteiger charge is 2.48. The number of halogens is 1. The van der Waals surface area contributed by atoms with Crippen molar-refractivity contribution < 1.29 is 4.39 Å². The molecule has 0 amide bonds. The van der Waals surface area contributed by atoms with Crippen molar-refractivity contribution >= 4 is 5.57 Å². The second kappa shape index (κ2) is 3.34. The first kappa shape index (κ1) is 9.88. The third kappa shape index (κ3) is 1.36. The largest absolute Gasteiger partial charge is 0.394 e. The number of hydrogen-bond acceptors (Lipinski definition) is 1. The maximum Gasteiger partial charge on any atom is 0.123 e. The highest BCUT2D eigenvalue weighted by Crippen LogP contribution is 2.61. The second-order valence-corrected chi connectivity index (χ2v) is 4.93. The van der Waals surface area contributed by atoms with Crippen molar-refractivity contribution in [2.45, 2.75) is 25.7 Å². The normalized spacial score (nSPS) is 23.2. The summed E-state index contributed by atoms with van der Waals surface area (Å²) in [5.74, 6) is -0.116. The fraction of sp³-hybridized carbons (Fsp3) is 0.429. The highest BCUT2D eigenvalue weighted by molar-refractivity contribution is 5.76. The van der Waals surface area contributed by atoms with Crippen LogP contribution in [0.25, 0.3) is 5.57 Å². The molecule has 1 N–H and O–H groups in total. The van der Waals surface area contributed by atoms with Crippen molar-refractivity contribution in [2.75, 3.05) is 7.05 Å². The zero-order valence-corrected chi connectivity index (χ0v) is 9.52. The molecule has 0 atom stereocenters. The van der Waals surface area contributed by atoms with Crippen LogP contribution in [0, 0.1) is 11.2 Å². The third-order valence-corrected chi connectivity index (χ3v) is 3.94. The van der Waals surface area contributed by atoms with Crippen molar-refractivity contribution in [1.82, 2.24) is 5.32 Å². The van der Waals surface area contributed by atoms with Crippen LogP contribution in [0.4, 0.5) is 4.39 Å². The van der Waals surface area contributed by atoms with Gasteiger partial charge in [-0.3, -0.25) is 0 Å². The summed E-state index contributed by atoms with van der Waals surface area (Å²) in [6.07, 6.45) is 6.88. The molecule has 0 aromatic heterocycles. The summed E-state index contributed by atoms with van der Waals surface area (Å²) >= 11 is 0. The lowest BCUT2D eigenvalue weighted by Crippen LogP contribution is -2.16. The summed E-state index contributed by atoms with van der Waals surface area (Å²) < 4.78 is 13.2. The SMILES string of the molecule is CN/C=C1\c2ccc(F)cc2CCC12CC2. The van der Waals surface area contributed by atoms with Gasteiger partial charge in [0.25, 0.3) is 0 Å². The van der Waals surface area contributed by atoms with Crippen LogP contribution in [0.1, 0.15) is 30.4 Å². The summed E-state index contributed by atoms with van der Waals surface area (Å²) in [6.45, 7) is 0. The molecule has 1 aromatic carbocycles. The van der Waals surface area contributed by atoms with Gasteiger partial charge in [0.1, 0.15) is 5.82 Å². The first-order valence-electron chi connectivity index (χ1n) is 5.92. The monoisotopic (exact) mass is 217 g/mol. The van der Waals surface area contributed by atoms with Crippen molar-refractivity contribution in [3.63, 3.8) is 0 Å². The quantitative estimate of drug-likeness (QED) is 0.762. The van der Waals surface area contributed by atoms with Crippen LogP contribution in [0.2, 0.25) is 0 Å². The lowest BCUT2D eigenvalue weighted by Gasteiger charge is -2.28. The minimum absolute atomic E-state index is 0.116. The molecule has 1 aromatic rings. The van der Waals surface area contributed by atoms with Gasteiger partial charge >= 0.3 is 0 Å². The highest BCUT2D eigenvalue weighted by atomic mass is 19.1. The van der Waals surface area contributed by atoms with Crippen molar-refractivity contribution in [3.05, 3.63) is 41.3 Å². The Morgan fingerprint density at radius 1 is 1.31 bits per heavy atom. The number of fused-ring (bicyclic) bond motifs is 1. The Morgan fingerprint density at radius 2 is 2.12 bits per heavy atom. The minimum atomic E-state index is -0.116. The van der Waals surface area contributed by atoms with E-state index in [0.717, 1.165) is 6.42 Å². The molecule has 1 fully saturated rings. The van der Waals surface area contributed by atoms with Crippen LogP contribution in [0.5, 0.6) is 0 Å². The van der Waals surface area contributed by atoms with Gasteiger partial charge in [0.05, 0.1) is 0 Å². The predicted molar refractivity (Wildman–Crippen MR) is 63.4 cm³/mol. The molecule has 0 radical (unpaired) electrons. The maximum atomic E-state index is 13.2. The fourth-order valence-electron chi connectivity index (χ4n) is 2.87. The van der Waals surface area contributed by atoms with E-state index < -0.39 is 0 Å². The van der Waals surface area contributed by atoms with E-state index in [-0.39, 0.29) is 5.82 Å². The van der Waals surface area contributed by atoms with Crippen molar-refractivity contribution in [1.29, 1.82) is 0 Å². The van der Waals surface area contributed by atoms with E-state index in [9.17, 15) is 4.39 Å². The second-order valence-electron chi connectivity index (χ2n) is 4.93. The Bertz CT molecular complexity index is 458. The van der Waals surface area contributed by atoms with Gasteiger partial charge in [-0.15, -0.1) is 0 Å². The Morgan fingerprint density at radius 3 is 2.81 bits per heavy atom. The van der Waals surface area contributed by atoms with Crippen LogP contribution < -0.4 is 5.32 Å². The van der Waals surface area contributed by atoms with Crippen molar-refractivity contribution in [2.24, 2.45) is 5.41 Å². The van der Waals surface area contributed by atoms with Crippen LogP contribution >= 0.6 is 0 Å². The zero-order chi connectivity index (χ0) is 11.2. The van der Waals surface area contributed by atoms with Crippen LogP contribution in [-0.2, 0) is 6.42 Å². The topological polar surface area (TPSA) is 12.0 Å². The molecule has 2 heteroatoms. The van der Waals surface area contributed by atoms with E-state index >= 15 is 0 Å². The minimum Gasteiger partial charge on any atom is -0.394 e. The Labute approximate surface area is 95.4 Å². The molecule has 0 unspecified atom stereocenters. The van der Waals surface area contributed by atoms with Gasteiger partial charge in [-0.2, -0.15) is 0 Å². The lowest BCUT2D eigenvalue weighted by atomic mass is 9.77. The molecule has 3 rings (SSSR count). The summed E-state index contributed by atoms with van der Waals surface area (Å²) in [5.41, 5.74) is 4.21. The van der Waals surface area contributed by atoms with Gasteiger partial charge in [-0.05, 0) is 59.9 Å². The predicted octanol–water partition coefficient (Wildman–Crippen LogP) is 3.11. The van der Waals surface area contributed by atoms with Gasteiger partial charge in [-0.25, -0.2) is 4.39 Å². The van der Waals surface area contributed by atoms with Gasteiger partial charge in [0, 0.05) is 13.2 Å². The summed E-state index contributed by atoms with van der Waals surface area (Å²) in [4.78, 5) is 0. The average Bonchev–Trinajstić information content (AvgIpc) is 3.04. The molecular weight excluding hydrogens is 201 g/mol. The number of rotatable bonds is 1. The molecular formula is C14H16FN. The number of hydrogen-bond donors (Lipinski definition) is 1. The Balaban J connectivity index is 2.12. The zero-order valence-electron chi connectivity index (χ0n) is 9.52. The summed E-state index contributed by atoms with van der Waals surface area (Å²) in [7, 11) is 1.93. The van der Waals surface area contributed by atoms with E-state index in [0.29, 0.717) is 5.41 Å². The first-order chi connectivity index (χ1) is 7.75. The lowest BCUT2D eigenvalue weighted by molar-refractivity contribution is 0.571. The first-order valence-corrected chi connectivity index (χ1v) is 5.92. The average molecular weight is 217 g/mol. The van der Waals surface area contributed by atoms with E-state index in [2.05, 4.69) is 11.5 Å². The third-order valence-electron chi connectivity index (χ3n) is 3.94. The van der Waals surface area contributed by atoms with Gasteiger partial charge < -0.3 is 5.32 Å². The van der Waals surface area contributed by atoms with E-state index in [1.165, 1.54) is 36.0 Å². The number of aryl methyl sites for hydroxylation is 1. The van der Waals surface area contributed by atoms with Gasteiger partial charge in [-0.1, -0.05) is 6.07 Å². The molecule has 0 bridgehead atoms. The van der Waals surface area contributed by atoms with E-state index in [1.54, 1.807) is 12.1 Å². The summed E-state index contributed by atoms with van der Waals surface area (Å²) in [6, 6.07) is 5.20. The molecule has 1 spiro atoms. The molecule has 0 aliphatic heterocycles. The smallest absolute Gasteiger partial charge is 0.123 e. The molecule has 16 heavy (non-hydrogen) atoms. The Hall–Kier alpha value is -1.31. The number of allylic oxidation sites excluding steroid dienone is 1. The van der Waals surface area contributed by atoms with Crippen LogP contribution in [-0.4, -0.2) is 7.05 Å². The van der Waals surface area contributed by atoms with Gasteiger partial charge in [0.2, 0.25) is 0 Å². The van der Waals surface area contributed by atoms with E-state index in [4.69, 9.17) is 0 Å². The number of nitrogens with one attached hydrogen (secondary N) is 1. The molecule has 2 aliphatic carbocycles. The molecule has 0 heterocycles. The summed E-state index contributed by atoms with van der Waals surface area (Å²) in [5, 5.41) is 3.13. The van der Waals surface area contributed by atoms with Crippen molar-refractivity contribution in [3.8, 4) is 0 Å². The molecule has 84 valence electrons. The molecule has 1 saturated carbocycles. The fourth-order valence-corrected chi connectivity index (χ4v) is 2.87. The number of benzene rings is 1. The molecule has 0 saturated heterocycles. The van der Waals surface area contributed by atoms with Crippen LogP contribution in [0.3, 0.4) is 0 Å². The molecule has 2 aliphatic rings. The van der Waals surface area contributed by atoms with E-state index in [1.807, 2.05) is 13.1 Å². The Kier molecular flexibility index (Phi) is 2.06. The molecule has 1 nitrogen and oxygen atoms in total.